The van der Waals surface area contributed by atoms with Crippen molar-refractivity contribution in [3.8, 4) is 35.0 Å². The molecule has 2 N–H and O–H groups in total. The summed E-state index contributed by atoms with van der Waals surface area (Å²) in [5, 5.41) is 8.38. The van der Waals surface area contributed by atoms with Crippen molar-refractivity contribution in [3.63, 3.8) is 0 Å². The van der Waals surface area contributed by atoms with Gasteiger partial charge in [0.1, 0.15) is 47.3 Å². The van der Waals surface area contributed by atoms with Crippen molar-refractivity contribution >= 4 is 27.6 Å². The highest BCUT2D eigenvalue weighted by Gasteiger charge is 2.43. The quantitative estimate of drug-likeness (QED) is 0.129. The molecule has 24 heteroatoms. The Balaban J connectivity index is 0.000000154. The summed E-state index contributed by atoms with van der Waals surface area (Å²) in [5.41, 5.74) is 8.19. The van der Waals surface area contributed by atoms with Gasteiger partial charge in [-0.25, -0.2) is 29.3 Å². The van der Waals surface area contributed by atoms with Crippen LogP contribution < -0.4 is 34.5 Å². The maximum absolute atomic E-state index is 12.5. The van der Waals surface area contributed by atoms with E-state index in [1.165, 1.54) is 58.6 Å². The standard InChI is InChI=1S/C23H25F3N6O2.C12H18N4.C10H7BrF3N3O2/c1-14-8-21(28-13-27-14)32-11-15-6-7-16(12-32)19(15)10-20-29-22(31(2)30-20)33-17-4-3-5-18(9-17)34-23(24,25)26;1-8-4-11(15-7-14-8)16-5-9-2-3-10(6-16)12(9)13;1-17-9(15-8(11)16-17)18-6-3-2-4-7(5-6)19-10(12,13)14/h3-5,8-9,13,15-16,19H,6-7,10-12H2,1-2H3;4,7,9-10,12H,2-3,5-6,13H2,1H3;2-5H,1H3. The first kappa shape index (κ1) is 49.1. The van der Waals surface area contributed by atoms with Gasteiger partial charge in [0.05, 0.1) is 0 Å². The van der Waals surface area contributed by atoms with Crippen LogP contribution in [0, 0.1) is 43.4 Å². The van der Waals surface area contributed by atoms with Crippen molar-refractivity contribution in [2.24, 2.45) is 49.4 Å². The molecule has 2 aliphatic carbocycles. The average Bonchev–Trinajstić information content (AvgIpc) is 3.90. The Bertz CT molecular complexity index is 2660. The van der Waals surface area contributed by atoms with Gasteiger partial charge in [0, 0.05) is 88.4 Å². The number of alkyl halides is 6. The van der Waals surface area contributed by atoms with Crippen molar-refractivity contribution in [2.75, 3.05) is 36.0 Å². The highest BCUT2D eigenvalue weighted by molar-refractivity contribution is 9.10. The summed E-state index contributed by atoms with van der Waals surface area (Å²) in [6.45, 7) is 8.00. The summed E-state index contributed by atoms with van der Waals surface area (Å²) in [6.07, 6.45) is -0.608. The van der Waals surface area contributed by atoms with Gasteiger partial charge in [-0.3, -0.25) is 0 Å². The molecule has 6 aromatic rings. The summed E-state index contributed by atoms with van der Waals surface area (Å²) >= 11 is 3.05. The third kappa shape index (κ3) is 13.1. The number of fused-ring (bicyclic) bond motifs is 4. The van der Waals surface area contributed by atoms with Crippen LogP contribution in [-0.2, 0) is 20.5 Å². The molecule has 17 nitrogen and oxygen atoms in total. The molecule has 69 heavy (non-hydrogen) atoms. The Morgan fingerprint density at radius 3 is 1.49 bits per heavy atom. The molecular formula is C45H50BrF6N13O4. The van der Waals surface area contributed by atoms with Gasteiger partial charge in [0.2, 0.25) is 4.73 Å². The Labute approximate surface area is 401 Å². The van der Waals surface area contributed by atoms with Crippen LogP contribution in [0.3, 0.4) is 0 Å². The number of nitrogens with zero attached hydrogens (tertiary/aromatic N) is 12. The predicted molar refractivity (Wildman–Crippen MR) is 242 cm³/mol. The number of hydrogen-bond acceptors (Lipinski definition) is 15. The van der Waals surface area contributed by atoms with Gasteiger partial charge in [-0.2, -0.15) is 15.1 Å². The molecule has 4 bridgehead atoms. The van der Waals surface area contributed by atoms with Crippen LogP contribution in [0.15, 0.2) is 78.1 Å². The van der Waals surface area contributed by atoms with Gasteiger partial charge >= 0.3 is 24.7 Å². The molecule has 4 unspecified atom stereocenters. The molecule has 4 aromatic heterocycles. The number of nitrogens with two attached hydrogens (primary N) is 1. The van der Waals surface area contributed by atoms with Gasteiger partial charge in [-0.05, 0) is 109 Å². The van der Waals surface area contributed by atoms with E-state index in [2.05, 4.69) is 81.4 Å². The number of aromatic nitrogens is 10. The van der Waals surface area contributed by atoms with Gasteiger partial charge in [0.25, 0.3) is 0 Å². The van der Waals surface area contributed by atoms with Gasteiger partial charge in [-0.1, -0.05) is 12.1 Å². The zero-order chi connectivity index (χ0) is 49.0. The van der Waals surface area contributed by atoms with E-state index in [-0.39, 0.29) is 35.0 Å². The van der Waals surface area contributed by atoms with Gasteiger partial charge in [-0.15, -0.1) is 31.4 Å². The largest absolute Gasteiger partial charge is 0.573 e. The summed E-state index contributed by atoms with van der Waals surface area (Å²) in [7, 11) is 3.29. The second-order valence-electron chi connectivity index (χ2n) is 17.5. The minimum Gasteiger partial charge on any atom is -0.424 e. The Hall–Kier alpha value is -6.30. The zero-order valence-electron chi connectivity index (χ0n) is 38.0. The number of hydrogen-bond donors (Lipinski definition) is 1. The Morgan fingerprint density at radius 1 is 0.609 bits per heavy atom. The highest BCUT2D eigenvalue weighted by Crippen LogP contribution is 2.44. The number of halogens is 7. The van der Waals surface area contributed by atoms with E-state index < -0.39 is 12.7 Å². The van der Waals surface area contributed by atoms with E-state index in [1.54, 1.807) is 32.8 Å². The first-order valence-electron chi connectivity index (χ1n) is 22.2. The van der Waals surface area contributed by atoms with Gasteiger partial charge in [0.15, 0.2) is 5.82 Å². The number of piperidine rings is 2. The van der Waals surface area contributed by atoms with E-state index in [0.29, 0.717) is 46.2 Å². The fraction of sp³-hybridized carbons (Fsp3) is 0.467. The molecule has 4 aliphatic rings. The smallest absolute Gasteiger partial charge is 0.424 e. The molecular weight excluding hydrogens is 980 g/mol. The molecule has 10 rings (SSSR count). The molecule has 2 saturated heterocycles. The topological polar surface area (TPSA) is 182 Å². The molecule has 6 heterocycles. The normalized spacial score (nSPS) is 21.7. The summed E-state index contributed by atoms with van der Waals surface area (Å²) in [5.74, 6) is 5.19. The van der Waals surface area contributed by atoms with Crippen LogP contribution >= 0.6 is 15.9 Å². The van der Waals surface area contributed by atoms with Crippen LogP contribution in [0.2, 0.25) is 0 Å². The lowest BCUT2D eigenvalue weighted by atomic mass is 9.82. The van der Waals surface area contributed by atoms with Crippen molar-refractivity contribution in [2.45, 2.75) is 64.7 Å². The molecule has 4 fully saturated rings. The summed E-state index contributed by atoms with van der Waals surface area (Å²) in [6, 6.07) is 15.4. The number of anilines is 2. The first-order chi connectivity index (χ1) is 32.8. The van der Waals surface area contributed by atoms with Crippen molar-refractivity contribution in [1.29, 1.82) is 0 Å². The van der Waals surface area contributed by atoms with Crippen LogP contribution in [0.5, 0.6) is 35.0 Å². The van der Waals surface area contributed by atoms with E-state index >= 15 is 0 Å². The fourth-order valence-corrected chi connectivity index (χ4v) is 9.84. The summed E-state index contributed by atoms with van der Waals surface area (Å²) in [4.78, 5) is 30.3. The average molecular weight is 1030 g/mol. The zero-order valence-corrected chi connectivity index (χ0v) is 39.6. The second kappa shape index (κ2) is 20.7. The third-order valence-corrected chi connectivity index (χ3v) is 12.9. The van der Waals surface area contributed by atoms with E-state index in [9.17, 15) is 26.3 Å². The lowest BCUT2D eigenvalue weighted by Crippen LogP contribution is -2.49. The minimum atomic E-state index is -4.77. The SMILES string of the molecule is Cc1cc(N2CC3CCC(C2)C3Cc2nc(Oc3cccc(OC(F)(F)F)c3)n(C)n2)ncn1.Cc1cc(N2CC3CCC(C2)C3N)ncn1.Cn1nc(Br)nc1Oc1cccc(OC(F)(F)F)c1. The monoisotopic (exact) mass is 1030 g/mol. The lowest BCUT2D eigenvalue weighted by molar-refractivity contribution is -0.275. The third-order valence-electron chi connectivity index (χ3n) is 12.5. The number of ether oxygens (including phenoxy) is 4. The Morgan fingerprint density at radius 2 is 1.04 bits per heavy atom. The van der Waals surface area contributed by atoms with Crippen LogP contribution in [0.1, 0.15) is 42.9 Å². The van der Waals surface area contributed by atoms with E-state index in [0.717, 1.165) is 74.5 Å². The van der Waals surface area contributed by atoms with Gasteiger partial charge < -0.3 is 34.5 Å². The van der Waals surface area contributed by atoms with Crippen LogP contribution in [0.25, 0.3) is 0 Å². The number of rotatable bonds is 10. The van der Waals surface area contributed by atoms with Crippen LogP contribution in [0.4, 0.5) is 38.0 Å². The second-order valence-corrected chi connectivity index (χ2v) is 18.2. The van der Waals surface area contributed by atoms with Crippen molar-refractivity contribution in [1.82, 2.24) is 49.5 Å². The maximum Gasteiger partial charge on any atom is 0.573 e. The molecule has 2 aliphatic heterocycles. The lowest BCUT2D eigenvalue weighted by Gasteiger charge is -2.38. The molecule has 4 atom stereocenters. The molecule has 368 valence electrons. The maximum atomic E-state index is 12.5. The predicted octanol–water partition coefficient (Wildman–Crippen LogP) is 8.54. The van der Waals surface area contributed by atoms with E-state index in [4.69, 9.17) is 15.2 Å². The Kier molecular flexibility index (Phi) is 14.8. The van der Waals surface area contributed by atoms with Crippen LogP contribution in [-0.4, -0.2) is 94.4 Å². The fourth-order valence-electron chi connectivity index (χ4n) is 9.45. The molecule has 0 amide bonds. The minimum absolute atomic E-state index is 0.135. The summed E-state index contributed by atoms with van der Waals surface area (Å²) < 4.78 is 95.6. The van der Waals surface area contributed by atoms with Crippen molar-refractivity contribution < 1.29 is 45.3 Å². The molecule has 2 aromatic carbocycles. The number of aryl methyl sites for hydroxylation is 4. The first-order valence-corrected chi connectivity index (χ1v) is 23.0. The number of benzene rings is 2. The molecule has 2 saturated carbocycles. The molecule has 0 spiro atoms. The molecule has 0 radical (unpaired) electrons. The van der Waals surface area contributed by atoms with E-state index in [1.807, 2.05) is 19.9 Å². The van der Waals surface area contributed by atoms with Crippen molar-refractivity contribution in [3.05, 3.63) is 95.3 Å². The highest BCUT2D eigenvalue weighted by atomic mass is 79.9.